The number of fused-ring (bicyclic) bond motifs is 4. The number of hydrogen-bond acceptors (Lipinski definition) is 3. The Morgan fingerprint density at radius 2 is 2.08 bits per heavy atom. The molecule has 0 amide bonds. The summed E-state index contributed by atoms with van der Waals surface area (Å²) in [6.45, 7) is 6.81. The molecule has 0 N–H and O–H groups in total. The Kier molecular flexibility index (Phi) is 4.22. The molecule has 3 heterocycles. The average Bonchev–Trinajstić information content (AvgIpc) is 2.59. The number of rotatable bonds is 2. The van der Waals surface area contributed by atoms with Crippen molar-refractivity contribution in [2.24, 2.45) is 5.92 Å². The lowest BCUT2D eigenvalue weighted by atomic mass is 9.77. The summed E-state index contributed by atoms with van der Waals surface area (Å²) in [5.41, 5.74) is 4.23. The van der Waals surface area contributed by atoms with E-state index in [4.69, 9.17) is 0 Å². The largest absolute Gasteiger partial charge is 0.296 e. The Labute approximate surface area is 145 Å². The Morgan fingerprint density at radius 1 is 1.25 bits per heavy atom. The Balaban J connectivity index is 1.67. The molecule has 0 radical (unpaired) electrons. The molecule has 0 unspecified atom stereocenters. The average molecular weight is 349 g/mol. The van der Waals surface area contributed by atoms with Gasteiger partial charge in [-0.25, -0.2) is 8.42 Å². The van der Waals surface area contributed by atoms with Crippen molar-refractivity contribution in [2.75, 3.05) is 25.4 Å². The van der Waals surface area contributed by atoms with Crippen molar-refractivity contribution in [3.63, 3.8) is 0 Å². The van der Waals surface area contributed by atoms with E-state index in [-0.39, 0.29) is 11.8 Å². The molecule has 2 saturated heterocycles. The lowest BCUT2D eigenvalue weighted by Gasteiger charge is -2.51. The molecule has 0 bridgehead atoms. The molecule has 132 valence electrons. The van der Waals surface area contributed by atoms with Crippen LogP contribution in [0, 0.1) is 12.8 Å². The number of nitrogens with zero attached hydrogens (tertiary/aromatic N) is 2. The maximum Gasteiger partial charge on any atom is 0.214 e. The van der Waals surface area contributed by atoms with Crippen LogP contribution >= 0.6 is 0 Å². The maximum absolute atomic E-state index is 12.6. The lowest BCUT2D eigenvalue weighted by molar-refractivity contribution is 0.0220. The first-order chi connectivity index (χ1) is 11.5. The van der Waals surface area contributed by atoms with E-state index in [9.17, 15) is 8.42 Å². The van der Waals surface area contributed by atoms with Crippen LogP contribution in [-0.4, -0.2) is 49.1 Å². The molecule has 3 aliphatic rings. The summed E-state index contributed by atoms with van der Waals surface area (Å²) in [5, 5.41) is 0. The third-order valence-electron chi connectivity index (χ3n) is 6.29. The Morgan fingerprint density at radius 3 is 2.88 bits per heavy atom. The predicted octanol–water partition coefficient (Wildman–Crippen LogP) is 2.73. The summed E-state index contributed by atoms with van der Waals surface area (Å²) in [7, 11) is -3.10. The second-order valence-corrected chi connectivity index (χ2v) is 9.89. The van der Waals surface area contributed by atoms with Gasteiger partial charge >= 0.3 is 0 Å². The molecule has 4 nitrogen and oxygen atoms in total. The highest BCUT2D eigenvalue weighted by molar-refractivity contribution is 7.89. The molecule has 4 rings (SSSR count). The smallest absolute Gasteiger partial charge is 0.214 e. The Hall–Kier alpha value is -0.910. The number of sulfonamides is 1. The van der Waals surface area contributed by atoms with E-state index in [0.29, 0.717) is 18.5 Å². The van der Waals surface area contributed by atoms with Crippen molar-refractivity contribution < 1.29 is 8.42 Å². The number of piperidine rings is 2. The van der Waals surface area contributed by atoms with Gasteiger partial charge in [0.1, 0.15) is 0 Å². The van der Waals surface area contributed by atoms with Gasteiger partial charge in [0.05, 0.1) is 5.75 Å². The SMILES string of the molecule is CCS(=O)(=O)N1CCC[C@H]2CN3CCc4cc(C)ccc4[C@H]3C[C@H]21. The summed E-state index contributed by atoms with van der Waals surface area (Å²) in [6.07, 6.45) is 4.26. The van der Waals surface area contributed by atoms with Crippen LogP contribution in [0.2, 0.25) is 0 Å². The third-order valence-corrected chi connectivity index (χ3v) is 8.19. The van der Waals surface area contributed by atoms with Crippen LogP contribution in [-0.2, 0) is 16.4 Å². The van der Waals surface area contributed by atoms with E-state index < -0.39 is 10.0 Å². The highest BCUT2D eigenvalue weighted by Crippen LogP contribution is 2.43. The Bertz CT molecular complexity index is 731. The zero-order valence-electron chi connectivity index (χ0n) is 14.7. The lowest BCUT2D eigenvalue weighted by Crippen LogP contribution is -2.57. The van der Waals surface area contributed by atoms with Gasteiger partial charge in [-0.1, -0.05) is 23.8 Å². The molecule has 1 aromatic carbocycles. The van der Waals surface area contributed by atoms with E-state index >= 15 is 0 Å². The summed E-state index contributed by atoms with van der Waals surface area (Å²) in [6, 6.07) is 7.39. The minimum absolute atomic E-state index is 0.192. The van der Waals surface area contributed by atoms with Crippen molar-refractivity contribution >= 4 is 10.0 Å². The van der Waals surface area contributed by atoms with Crippen LogP contribution in [0.25, 0.3) is 0 Å². The van der Waals surface area contributed by atoms with Gasteiger partial charge in [0.25, 0.3) is 0 Å². The van der Waals surface area contributed by atoms with Crippen molar-refractivity contribution in [1.82, 2.24) is 9.21 Å². The molecule has 0 aromatic heterocycles. The quantitative estimate of drug-likeness (QED) is 0.825. The van der Waals surface area contributed by atoms with Crippen molar-refractivity contribution in [2.45, 2.75) is 51.6 Å². The third kappa shape index (κ3) is 2.71. The zero-order valence-corrected chi connectivity index (χ0v) is 15.6. The summed E-state index contributed by atoms with van der Waals surface area (Å²) < 4.78 is 27.0. The number of aryl methyl sites for hydroxylation is 1. The molecule has 2 fully saturated rings. The van der Waals surface area contributed by atoms with E-state index in [1.807, 2.05) is 4.31 Å². The zero-order chi connectivity index (χ0) is 16.9. The topological polar surface area (TPSA) is 40.6 Å². The van der Waals surface area contributed by atoms with Gasteiger partial charge in [-0.3, -0.25) is 4.90 Å². The van der Waals surface area contributed by atoms with Crippen LogP contribution in [0.1, 0.15) is 48.9 Å². The molecule has 1 aromatic rings. The highest BCUT2D eigenvalue weighted by Gasteiger charge is 2.45. The first-order valence-electron chi connectivity index (χ1n) is 9.32. The minimum Gasteiger partial charge on any atom is -0.296 e. The predicted molar refractivity (Wildman–Crippen MR) is 96.5 cm³/mol. The van der Waals surface area contributed by atoms with Crippen LogP contribution in [0.15, 0.2) is 18.2 Å². The van der Waals surface area contributed by atoms with Crippen molar-refractivity contribution in [3.05, 3.63) is 34.9 Å². The number of benzene rings is 1. The number of hydrogen-bond donors (Lipinski definition) is 0. The van der Waals surface area contributed by atoms with Gasteiger partial charge in [-0.05, 0) is 56.6 Å². The van der Waals surface area contributed by atoms with Gasteiger partial charge in [0.15, 0.2) is 0 Å². The summed E-state index contributed by atoms with van der Waals surface area (Å²) in [4.78, 5) is 2.61. The second kappa shape index (κ2) is 6.11. The molecular formula is C19H28N2O2S. The first kappa shape index (κ1) is 16.6. The van der Waals surface area contributed by atoms with Gasteiger partial charge < -0.3 is 0 Å². The van der Waals surface area contributed by atoms with Crippen LogP contribution < -0.4 is 0 Å². The van der Waals surface area contributed by atoms with E-state index in [2.05, 4.69) is 30.0 Å². The van der Waals surface area contributed by atoms with Gasteiger partial charge in [-0.15, -0.1) is 0 Å². The first-order valence-corrected chi connectivity index (χ1v) is 10.9. The molecule has 3 aliphatic heterocycles. The highest BCUT2D eigenvalue weighted by atomic mass is 32.2. The standard InChI is InChI=1S/C19H28N2O2S/c1-3-24(22,23)21-9-4-5-16-13-20-10-8-15-11-14(2)6-7-17(15)19(20)12-18(16)21/h6-7,11,16,18-19H,3-5,8-10,12-13H2,1-2H3/t16-,18+,19+/m0/s1. The fourth-order valence-electron chi connectivity index (χ4n) is 5.05. The second-order valence-electron chi connectivity index (χ2n) is 7.68. The van der Waals surface area contributed by atoms with Crippen LogP contribution in [0.5, 0.6) is 0 Å². The molecular weight excluding hydrogens is 320 g/mol. The van der Waals surface area contributed by atoms with E-state index in [0.717, 1.165) is 32.4 Å². The normalized spacial score (nSPS) is 31.2. The van der Waals surface area contributed by atoms with Crippen molar-refractivity contribution in [3.8, 4) is 0 Å². The van der Waals surface area contributed by atoms with Gasteiger partial charge in [-0.2, -0.15) is 4.31 Å². The molecule has 5 heteroatoms. The molecule has 0 saturated carbocycles. The van der Waals surface area contributed by atoms with Crippen molar-refractivity contribution in [1.29, 1.82) is 0 Å². The molecule has 3 atom stereocenters. The van der Waals surface area contributed by atoms with E-state index in [1.165, 1.54) is 23.1 Å². The summed E-state index contributed by atoms with van der Waals surface area (Å²) >= 11 is 0. The minimum atomic E-state index is -3.10. The molecule has 0 spiro atoms. The van der Waals surface area contributed by atoms with Gasteiger partial charge in [0.2, 0.25) is 10.0 Å². The summed E-state index contributed by atoms with van der Waals surface area (Å²) in [5.74, 6) is 0.726. The molecule has 24 heavy (non-hydrogen) atoms. The fourth-order valence-corrected chi connectivity index (χ4v) is 6.46. The molecule has 0 aliphatic carbocycles. The van der Waals surface area contributed by atoms with Crippen LogP contribution in [0.3, 0.4) is 0 Å². The van der Waals surface area contributed by atoms with E-state index in [1.54, 1.807) is 6.92 Å². The monoisotopic (exact) mass is 348 g/mol. The van der Waals surface area contributed by atoms with Gasteiger partial charge in [0, 0.05) is 31.7 Å². The van der Waals surface area contributed by atoms with Crippen LogP contribution in [0.4, 0.5) is 0 Å². The maximum atomic E-state index is 12.6. The fraction of sp³-hybridized carbons (Fsp3) is 0.684.